The van der Waals surface area contributed by atoms with Crippen LogP contribution in [0.1, 0.15) is 20.4 Å². The molecule has 0 spiro atoms. The fourth-order valence-corrected chi connectivity index (χ4v) is 2.94. The zero-order chi connectivity index (χ0) is 12.4. The number of aryl methyl sites for hydroxylation is 1. The summed E-state index contributed by atoms with van der Waals surface area (Å²) in [7, 11) is 2.19. The first-order valence-electron chi connectivity index (χ1n) is 5.77. The lowest BCUT2D eigenvalue weighted by Gasteiger charge is -2.29. The minimum Gasteiger partial charge on any atom is -0.544 e. The summed E-state index contributed by atoms with van der Waals surface area (Å²) < 4.78 is 0. The average molecular weight is 255 g/mol. The summed E-state index contributed by atoms with van der Waals surface area (Å²) in [6, 6.07) is 0. The molecule has 0 saturated carbocycles. The average Bonchev–Trinajstić information content (AvgIpc) is 2.63. The number of aromatic carboxylic acids is 1. The topological polar surface area (TPSA) is 60.7 Å². The highest BCUT2D eigenvalue weighted by Crippen LogP contribution is 2.18. The number of rotatable bonds is 3. The van der Waals surface area contributed by atoms with Crippen molar-refractivity contribution in [2.45, 2.75) is 13.5 Å². The van der Waals surface area contributed by atoms with E-state index in [1.807, 2.05) is 0 Å². The van der Waals surface area contributed by atoms with Crippen molar-refractivity contribution in [3.63, 3.8) is 0 Å². The van der Waals surface area contributed by atoms with E-state index in [2.05, 4.69) is 16.9 Å². The van der Waals surface area contributed by atoms with Crippen LogP contribution in [0.15, 0.2) is 0 Å². The maximum atomic E-state index is 10.8. The number of quaternary nitrogens is 1. The maximum absolute atomic E-state index is 10.8. The van der Waals surface area contributed by atoms with Crippen LogP contribution in [0.25, 0.3) is 0 Å². The van der Waals surface area contributed by atoms with E-state index in [9.17, 15) is 9.90 Å². The first-order chi connectivity index (χ1) is 8.06. The second-order valence-electron chi connectivity index (χ2n) is 4.54. The van der Waals surface area contributed by atoms with Gasteiger partial charge in [0, 0.05) is 13.1 Å². The van der Waals surface area contributed by atoms with Gasteiger partial charge in [0.2, 0.25) is 0 Å². The largest absolute Gasteiger partial charge is 0.544 e. The number of carbonyl (C=O) groups excluding carboxylic acids is 1. The van der Waals surface area contributed by atoms with Crippen LogP contribution in [0.5, 0.6) is 0 Å². The lowest BCUT2D eigenvalue weighted by atomic mass is 10.3. The first kappa shape index (κ1) is 12.5. The minimum absolute atomic E-state index is 0.264. The number of hydrogen-bond acceptors (Lipinski definition) is 5. The van der Waals surface area contributed by atoms with E-state index in [-0.39, 0.29) is 4.88 Å². The van der Waals surface area contributed by atoms with Crippen molar-refractivity contribution >= 4 is 17.3 Å². The Bertz CT molecular complexity index is 411. The highest BCUT2D eigenvalue weighted by Gasteiger charge is 2.18. The van der Waals surface area contributed by atoms with Crippen LogP contribution in [0, 0.1) is 6.92 Å². The molecular formula is C11H17N3O2S. The molecule has 0 amide bonds. The van der Waals surface area contributed by atoms with Gasteiger partial charge in [0.25, 0.3) is 0 Å². The molecule has 0 unspecified atom stereocenters. The Morgan fingerprint density at radius 2 is 2.18 bits per heavy atom. The first-order valence-corrected chi connectivity index (χ1v) is 6.59. The number of carboxylic acids is 1. The Hall–Kier alpha value is -0.980. The van der Waals surface area contributed by atoms with Crippen LogP contribution in [0.4, 0.5) is 0 Å². The molecule has 0 bridgehead atoms. The molecule has 17 heavy (non-hydrogen) atoms. The van der Waals surface area contributed by atoms with Gasteiger partial charge in [0.15, 0.2) is 0 Å². The molecule has 2 heterocycles. The van der Waals surface area contributed by atoms with E-state index in [0.717, 1.165) is 37.7 Å². The van der Waals surface area contributed by atoms with Gasteiger partial charge >= 0.3 is 0 Å². The highest BCUT2D eigenvalue weighted by molar-refractivity contribution is 7.13. The number of nitrogens with one attached hydrogen (secondary N) is 1. The molecule has 0 atom stereocenters. The van der Waals surface area contributed by atoms with Gasteiger partial charge in [0.05, 0.1) is 43.2 Å². The standard InChI is InChI=1S/C11H17N3O2S/c1-8-10(11(15)16)17-9(12-8)7-14-5-3-13(2)4-6-14/h3-7H2,1-2H3,(H,15,16). The third-order valence-corrected chi connectivity index (χ3v) is 4.22. The zero-order valence-electron chi connectivity index (χ0n) is 10.2. The van der Waals surface area contributed by atoms with Gasteiger partial charge in [-0.15, -0.1) is 11.3 Å². The van der Waals surface area contributed by atoms with Crippen LogP contribution in [-0.4, -0.2) is 49.1 Å². The Morgan fingerprint density at radius 3 is 2.71 bits per heavy atom. The molecular weight excluding hydrogens is 238 g/mol. The SMILES string of the molecule is Cc1nc(CN2CC[NH+](C)CC2)sc1C(=O)[O-]. The molecule has 1 aliphatic rings. The van der Waals surface area contributed by atoms with Crippen molar-refractivity contribution in [1.82, 2.24) is 9.88 Å². The third-order valence-electron chi connectivity index (χ3n) is 3.09. The third kappa shape index (κ3) is 3.02. The van der Waals surface area contributed by atoms with Crippen LogP contribution in [0.2, 0.25) is 0 Å². The number of aromatic nitrogens is 1. The van der Waals surface area contributed by atoms with Crippen molar-refractivity contribution in [2.24, 2.45) is 0 Å². The van der Waals surface area contributed by atoms with Gasteiger partial charge in [-0.3, -0.25) is 4.90 Å². The number of piperazine rings is 1. The molecule has 0 aromatic carbocycles. The van der Waals surface area contributed by atoms with Gasteiger partial charge in [-0.1, -0.05) is 0 Å². The Balaban J connectivity index is 1.99. The molecule has 94 valence electrons. The van der Waals surface area contributed by atoms with E-state index in [1.54, 1.807) is 11.8 Å². The van der Waals surface area contributed by atoms with Gasteiger partial charge in [-0.2, -0.15) is 0 Å². The molecule has 1 aromatic rings. The van der Waals surface area contributed by atoms with Crippen molar-refractivity contribution in [1.29, 1.82) is 0 Å². The van der Waals surface area contributed by atoms with Gasteiger partial charge in [-0.05, 0) is 6.92 Å². The van der Waals surface area contributed by atoms with Gasteiger partial charge < -0.3 is 14.8 Å². The summed E-state index contributed by atoms with van der Waals surface area (Å²) in [5.74, 6) is -1.12. The fourth-order valence-electron chi connectivity index (χ4n) is 1.99. The number of hydrogen-bond donors (Lipinski definition) is 1. The molecule has 1 N–H and O–H groups in total. The van der Waals surface area contributed by atoms with E-state index in [0.29, 0.717) is 5.69 Å². The van der Waals surface area contributed by atoms with Crippen molar-refractivity contribution in [3.8, 4) is 0 Å². The summed E-state index contributed by atoms with van der Waals surface area (Å²) in [6.45, 7) is 6.84. The molecule has 5 nitrogen and oxygen atoms in total. The minimum atomic E-state index is -1.12. The van der Waals surface area contributed by atoms with E-state index in [4.69, 9.17) is 0 Å². The van der Waals surface area contributed by atoms with Crippen LogP contribution in [0.3, 0.4) is 0 Å². The zero-order valence-corrected chi connectivity index (χ0v) is 11.0. The summed E-state index contributed by atoms with van der Waals surface area (Å²) in [6.07, 6.45) is 0. The van der Waals surface area contributed by atoms with Crippen LogP contribution in [-0.2, 0) is 6.54 Å². The summed E-state index contributed by atoms with van der Waals surface area (Å²) in [5.41, 5.74) is 0.574. The number of nitrogens with zero attached hydrogens (tertiary/aromatic N) is 2. The lowest BCUT2D eigenvalue weighted by molar-refractivity contribution is -0.884. The highest BCUT2D eigenvalue weighted by atomic mass is 32.1. The molecule has 0 aliphatic carbocycles. The van der Waals surface area contributed by atoms with E-state index in [1.165, 1.54) is 11.3 Å². The van der Waals surface area contributed by atoms with Crippen LogP contribution >= 0.6 is 11.3 Å². The number of likely N-dealkylation sites (N-methyl/N-ethyl adjacent to an activating group) is 1. The molecule has 1 aromatic heterocycles. The van der Waals surface area contributed by atoms with Gasteiger partial charge in [-0.25, -0.2) is 4.98 Å². The smallest absolute Gasteiger partial charge is 0.108 e. The molecule has 1 fully saturated rings. The molecule has 6 heteroatoms. The Labute approximate surface area is 105 Å². The summed E-state index contributed by atoms with van der Waals surface area (Å²) >= 11 is 1.24. The normalized spacial score (nSPS) is 18.5. The Morgan fingerprint density at radius 1 is 1.53 bits per heavy atom. The molecule has 1 aliphatic heterocycles. The second kappa shape index (κ2) is 5.12. The summed E-state index contributed by atoms with van der Waals surface area (Å²) in [4.78, 5) is 19.2. The predicted molar refractivity (Wildman–Crippen MR) is 63.1 cm³/mol. The quantitative estimate of drug-likeness (QED) is 0.688. The molecule has 1 saturated heterocycles. The predicted octanol–water partition coefficient (Wildman–Crippen LogP) is -1.85. The Kier molecular flexibility index (Phi) is 3.76. The van der Waals surface area contributed by atoms with Crippen molar-refractivity contribution < 1.29 is 14.8 Å². The van der Waals surface area contributed by atoms with Crippen molar-refractivity contribution in [2.75, 3.05) is 33.2 Å². The monoisotopic (exact) mass is 255 g/mol. The van der Waals surface area contributed by atoms with Gasteiger partial charge in [0.1, 0.15) is 5.01 Å². The van der Waals surface area contributed by atoms with E-state index >= 15 is 0 Å². The molecule has 0 radical (unpaired) electrons. The number of carboxylic acid groups (broad SMARTS) is 1. The second-order valence-corrected chi connectivity index (χ2v) is 5.63. The lowest BCUT2D eigenvalue weighted by Crippen LogP contribution is -3.11. The van der Waals surface area contributed by atoms with Crippen LogP contribution < -0.4 is 10.0 Å². The maximum Gasteiger partial charge on any atom is 0.108 e. The summed E-state index contributed by atoms with van der Waals surface area (Å²) in [5, 5.41) is 11.7. The number of thiazole rings is 1. The molecule has 2 rings (SSSR count). The fraction of sp³-hybridized carbons (Fsp3) is 0.636. The number of carbonyl (C=O) groups is 1. The van der Waals surface area contributed by atoms with E-state index < -0.39 is 5.97 Å². The van der Waals surface area contributed by atoms with Crippen molar-refractivity contribution in [3.05, 3.63) is 15.6 Å².